The maximum absolute atomic E-state index is 15.3. The van der Waals surface area contributed by atoms with Gasteiger partial charge in [-0.3, -0.25) is 14.4 Å². The first kappa shape index (κ1) is 36.0. The third-order valence-corrected chi connectivity index (χ3v) is 10.1. The van der Waals surface area contributed by atoms with Crippen molar-refractivity contribution in [3.63, 3.8) is 0 Å². The van der Waals surface area contributed by atoms with E-state index in [2.05, 4.69) is 16.0 Å². The van der Waals surface area contributed by atoms with Crippen molar-refractivity contribution < 1.29 is 38.1 Å². The van der Waals surface area contributed by atoms with Gasteiger partial charge in [-0.25, -0.2) is 19.0 Å². The molecule has 2 aliphatic heterocycles. The van der Waals surface area contributed by atoms with Gasteiger partial charge < -0.3 is 35.1 Å². The minimum Gasteiger partial charge on any atom is -0.458 e. The Kier molecular flexibility index (Phi) is 8.97. The number of carbonyl (C=O) groups is 4. The number of benzene rings is 1. The Hall–Kier alpha value is -4.85. The van der Waals surface area contributed by atoms with Crippen LogP contribution in [0.25, 0.3) is 22.3 Å². The molecule has 13 nitrogen and oxygen atoms in total. The van der Waals surface area contributed by atoms with E-state index in [0.717, 1.165) is 5.56 Å². The quantitative estimate of drug-likeness (QED) is 0.209. The van der Waals surface area contributed by atoms with Gasteiger partial charge in [0.25, 0.3) is 5.56 Å². The molecule has 3 aromatic rings. The number of aliphatic hydroxyl groups is 1. The molecule has 4 atom stereocenters. The van der Waals surface area contributed by atoms with E-state index >= 15 is 4.39 Å². The van der Waals surface area contributed by atoms with Crippen LogP contribution >= 0.6 is 0 Å². The van der Waals surface area contributed by atoms with Crippen LogP contribution in [0.3, 0.4) is 0 Å². The summed E-state index contributed by atoms with van der Waals surface area (Å²) in [6.45, 7) is 13.3. The summed E-state index contributed by atoms with van der Waals surface area (Å²) in [6, 6.07) is 0.371. The Morgan fingerprint density at radius 1 is 1.12 bits per heavy atom. The molecular weight excluding hydrogens is 661 g/mol. The molecule has 0 saturated heterocycles. The van der Waals surface area contributed by atoms with Crippen LogP contribution in [0, 0.1) is 18.7 Å². The van der Waals surface area contributed by atoms with Gasteiger partial charge in [-0.1, -0.05) is 20.8 Å². The van der Waals surface area contributed by atoms with Crippen LogP contribution in [-0.4, -0.2) is 56.2 Å². The molecule has 51 heavy (non-hydrogen) atoms. The third-order valence-electron chi connectivity index (χ3n) is 10.1. The molecule has 1 aliphatic carbocycles. The summed E-state index contributed by atoms with van der Waals surface area (Å²) < 4.78 is 27.3. The highest BCUT2D eigenvalue weighted by atomic mass is 19.1. The summed E-state index contributed by atoms with van der Waals surface area (Å²) in [5, 5.41) is 20.4. The van der Waals surface area contributed by atoms with Crippen LogP contribution in [0.5, 0.6) is 0 Å². The number of nitrogens with zero attached hydrogens (tertiary/aromatic N) is 2. The number of aryl methyl sites for hydroxylation is 1. The smallest absolute Gasteiger partial charge is 0.408 e. The van der Waals surface area contributed by atoms with Crippen LogP contribution in [0.4, 0.5) is 9.18 Å². The average molecular weight is 706 g/mol. The fraction of sp³-hybridized carbons (Fsp3) is 0.514. The van der Waals surface area contributed by atoms with Crippen molar-refractivity contribution in [1.29, 1.82) is 0 Å². The number of fused-ring (bicyclic) bond motifs is 5. The Labute approximate surface area is 294 Å². The van der Waals surface area contributed by atoms with E-state index in [1.165, 1.54) is 10.6 Å². The molecule has 3 amide bonds. The fourth-order valence-electron chi connectivity index (χ4n) is 7.33. The Morgan fingerprint density at radius 2 is 1.82 bits per heavy atom. The summed E-state index contributed by atoms with van der Waals surface area (Å²) in [5.74, 6) is -2.63. The standard InChI is InChI=1S/C37H44FN5O8/c1-9-37(49)22-12-26-30-20(14-43(26)33(46)21(22)15-50-34(37)47)28-24(11-10-19-17(4)23(38)13-25(40-30)27(19)28)41-31(44)18(5)39-32(45)29(16(2)3)42-35(48)51-36(6,7)8/h12-13,16,18,24,29,49H,9-11,14-15H2,1-8H3,(H,39,45)(H,41,44)(H,42,48)/t18-,24+,29+,37+/m1/s1. The van der Waals surface area contributed by atoms with E-state index in [0.29, 0.717) is 51.8 Å². The largest absolute Gasteiger partial charge is 0.458 e. The van der Waals surface area contributed by atoms with Gasteiger partial charge >= 0.3 is 12.1 Å². The molecule has 1 aromatic carbocycles. The number of esters is 1. The summed E-state index contributed by atoms with van der Waals surface area (Å²) in [7, 11) is 0. The SMILES string of the molecule is CC[C@@]1(O)C(=O)OCc2c1cc1n(c2=O)Cc2c-1nc1cc(F)c(C)c3c1c2[C@@H](NC(=O)[C@@H](C)NC(=O)[C@@H](NC(=O)OC(C)(C)C)C(C)C)CC3. The van der Waals surface area contributed by atoms with Crippen molar-refractivity contribution in [2.45, 2.75) is 117 Å². The van der Waals surface area contributed by atoms with Gasteiger partial charge in [0.1, 0.15) is 30.1 Å². The zero-order valence-electron chi connectivity index (χ0n) is 30.1. The average Bonchev–Trinajstić information content (AvgIpc) is 3.42. The van der Waals surface area contributed by atoms with Crippen molar-refractivity contribution in [3.05, 3.63) is 61.7 Å². The number of halogens is 1. The lowest BCUT2D eigenvalue weighted by molar-refractivity contribution is -0.172. The minimum atomic E-state index is -2.01. The highest BCUT2D eigenvalue weighted by Crippen LogP contribution is 2.46. The number of pyridine rings is 2. The van der Waals surface area contributed by atoms with Crippen molar-refractivity contribution >= 4 is 34.8 Å². The van der Waals surface area contributed by atoms with Crippen molar-refractivity contribution in [2.24, 2.45) is 5.92 Å². The van der Waals surface area contributed by atoms with Gasteiger partial charge in [0, 0.05) is 22.6 Å². The zero-order valence-corrected chi connectivity index (χ0v) is 30.1. The van der Waals surface area contributed by atoms with Crippen molar-refractivity contribution in [2.75, 3.05) is 0 Å². The Balaban J connectivity index is 1.36. The maximum Gasteiger partial charge on any atom is 0.408 e. The van der Waals surface area contributed by atoms with Gasteiger partial charge in [-0.2, -0.15) is 0 Å². The lowest BCUT2D eigenvalue weighted by Gasteiger charge is -2.31. The van der Waals surface area contributed by atoms with Crippen molar-refractivity contribution in [3.8, 4) is 11.4 Å². The summed E-state index contributed by atoms with van der Waals surface area (Å²) in [5.41, 5.74) is 0.796. The van der Waals surface area contributed by atoms with Gasteiger partial charge in [0.2, 0.25) is 11.8 Å². The molecule has 0 unspecified atom stereocenters. The highest BCUT2D eigenvalue weighted by Gasteiger charge is 2.46. The third kappa shape index (κ3) is 6.13. The molecule has 272 valence electrons. The summed E-state index contributed by atoms with van der Waals surface area (Å²) in [4.78, 5) is 70.9. The van der Waals surface area contributed by atoms with Crippen LogP contribution < -0.4 is 21.5 Å². The second kappa shape index (κ2) is 12.7. The van der Waals surface area contributed by atoms with Crippen LogP contribution in [0.2, 0.25) is 0 Å². The second-order valence-electron chi connectivity index (χ2n) is 15.0. The Bertz CT molecular complexity index is 2070. The summed E-state index contributed by atoms with van der Waals surface area (Å²) in [6.07, 6.45) is 0.0787. The minimum absolute atomic E-state index is 0.0172. The first-order chi connectivity index (χ1) is 23.9. The first-order valence-electron chi connectivity index (χ1n) is 17.3. The molecule has 0 saturated carbocycles. The highest BCUT2D eigenvalue weighted by molar-refractivity contribution is 5.95. The molecule has 4 heterocycles. The van der Waals surface area contributed by atoms with E-state index in [4.69, 9.17) is 14.5 Å². The number of rotatable bonds is 7. The van der Waals surface area contributed by atoms with Gasteiger partial charge in [0.05, 0.1) is 35.1 Å². The van der Waals surface area contributed by atoms with Crippen molar-refractivity contribution in [1.82, 2.24) is 25.5 Å². The zero-order chi connectivity index (χ0) is 37.3. The molecule has 0 bridgehead atoms. The van der Waals surface area contributed by atoms with Gasteiger partial charge in [-0.05, 0) is 82.6 Å². The van der Waals surface area contributed by atoms with Crippen LogP contribution in [0.1, 0.15) is 101 Å². The topological polar surface area (TPSA) is 178 Å². The summed E-state index contributed by atoms with van der Waals surface area (Å²) >= 11 is 0. The molecule has 14 heteroatoms. The number of nitrogens with one attached hydrogen (secondary N) is 3. The number of cyclic esters (lactones) is 1. The molecule has 2 aromatic heterocycles. The molecular formula is C37H44FN5O8. The molecule has 0 radical (unpaired) electrons. The van der Waals surface area contributed by atoms with Crippen LogP contribution in [0.15, 0.2) is 16.9 Å². The number of alkyl carbamates (subject to hydrolysis) is 1. The monoisotopic (exact) mass is 705 g/mol. The Morgan fingerprint density at radius 3 is 2.47 bits per heavy atom. The maximum atomic E-state index is 15.3. The van der Waals surface area contributed by atoms with Gasteiger partial charge in [-0.15, -0.1) is 0 Å². The fourth-order valence-corrected chi connectivity index (χ4v) is 7.33. The number of amides is 3. The number of hydrogen-bond acceptors (Lipinski definition) is 9. The number of aromatic nitrogens is 2. The number of hydrogen-bond donors (Lipinski definition) is 4. The lowest BCUT2D eigenvalue weighted by atomic mass is 9.81. The molecule has 0 spiro atoms. The normalized spacial score (nSPS) is 20.1. The molecule has 6 rings (SSSR count). The number of ether oxygens (including phenoxy) is 2. The number of carbonyl (C=O) groups excluding carboxylic acids is 4. The van der Waals surface area contributed by atoms with E-state index in [1.807, 2.05) is 0 Å². The lowest BCUT2D eigenvalue weighted by Crippen LogP contribution is -2.55. The van der Waals surface area contributed by atoms with Gasteiger partial charge in [0.15, 0.2) is 5.60 Å². The molecule has 4 N–H and O–H groups in total. The molecule has 0 fully saturated rings. The predicted molar refractivity (Wildman–Crippen MR) is 184 cm³/mol. The van der Waals surface area contributed by atoms with E-state index in [1.54, 1.807) is 61.5 Å². The van der Waals surface area contributed by atoms with Crippen LogP contribution in [-0.2, 0) is 49.0 Å². The first-order valence-corrected chi connectivity index (χ1v) is 17.3. The van der Waals surface area contributed by atoms with E-state index < -0.39 is 64.6 Å². The molecule has 3 aliphatic rings. The predicted octanol–water partition coefficient (Wildman–Crippen LogP) is 3.68. The van der Waals surface area contributed by atoms with E-state index in [-0.39, 0.29) is 36.6 Å². The second-order valence-corrected chi connectivity index (χ2v) is 15.0. The van der Waals surface area contributed by atoms with E-state index in [9.17, 15) is 29.1 Å².